The second-order valence-corrected chi connectivity index (χ2v) is 2.61. The molecule has 1 heterocycles. The molecular weight excluding hydrogens is 112 g/mol. The lowest BCUT2D eigenvalue weighted by Crippen LogP contribution is -2.29. The van der Waals surface area contributed by atoms with Gasteiger partial charge in [-0.1, -0.05) is 7.43 Å². The summed E-state index contributed by atoms with van der Waals surface area (Å²) in [5.74, 6) is 0. The Balaban J connectivity index is 0.000000640. The van der Waals surface area contributed by atoms with E-state index in [1.54, 1.807) is 0 Å². The molecule has 1 rings (SSSR count). The Bertz CT molecular complexity index is 65.3. The van der Waals surface area contributed by atoms with E-state index in [2.05, 4.69) is 24.3 Å². The maximum atomic E-state index is 3.31. The number of hydrogen-bond donors (Lipinski definition) is 1. The zero-order valence-corrected chi connectivity index (χ0v) is 5.65. The van der Waals surface area contributed by atoms with Crippen molar-refractivity contribution in [1.82, 2.24) is 10.2 Å². The van der Waals surface area contributed by atoms with Gasteiger partial charge < -0.3 is 10.2 Å². The third-order valence-electron chi connectivity index (χ3n) is 1.76. The third-order valence-corrected chi connectivity index (χ3v) is 1.76. The highest BCUT2D eigenvalue weighted by Crippen LogP contribution is 2.01. The number of hydrogen-bond acceptors (Lipinski definition) is 2. The van der Waals surface area contributed by atoms with E-state index >= 15 is 0 Å². The monoisotopic (exact) mass is 130 g/mol. The lowest BCUT2D eigenvalue weighted by Gasteiger charge is -2.16. The van der Waals surface area contributed by atoms with Gasteiger partial charge in [0.25, 0.3) is 0 Å². The van der Waals surface area contributed by atoms with Gasteiger partial charge in [0.05, 0.1) is 0 Å². The first kappa shape index (κ1) is 8.92. The maximum absolute atomic E-state index is 3.31. The van der Waals surface area contributed by atoms with E-state index in [9.17, 15) is 0 Å². The van der Waals surface area contributed by atoms with Crippen LogP contribution in [0.3, 0.4) is 0 Å². The molecule has 1 N–H and O–H groups in total. The van der Waals surface area contributed by atoms with Gasteiger partial charge in [-0.3, -0.25) is 0 Å². The first-order valence-corrected chi connectivity index (χ1v) is 3.18. The predicted molar refractivity (Wildman–Crippen MR) is 41.7 cm³/mol. The quantitative estimate of drug-likeness (QED) is 0.557. The Morgan fingerprint density at radius 1 is 1.44 bits per heavy atom. The van der Waals surface area contributed by atoms with Crippen LogP contribution in [0.2, 0.25) is 0 Å². The molecule has 2 nitrogen and oxygen atoms in total. The second-order valence-electron chi connectivity index (χ2n) is 2.61. The minimum atomic E-state index is 0. The zero-order chi connectivity index (χ0) is 5.98. The molecule has 9 heavy (non-hydrogen) atoms. The zero-order valence-electron chi connectivity index (χ0n) is 5.65. The molecule has 0 radical (unpaired) electrons. The van der Waals surface area contributed by atoms with E-state index in [-0.39, 0.29) is 7.43 Å². The van der Waals surface area contributed by atoms with Crippen LogP contribution >= 0.6 is 0 Å². The molecule has 0 aromatic heterocycles. The number of likely N-dealkylation sites (N-methyl/N-ethyl adjacent to an activating group) is 1. The highest BCUT2D eigenvalue weighted by molar-refractivity contribution is 4.76. The van der Waals surface area contributed by atoms with Gasteiger partial charge in [0.1, 0.15) is 0 Å². The minimum Gasteiger partial charge on any atom is -0.315 e. The van der Waals surface area contributed by atoms with Crippen LogP contribution in [-0.4, -0.2) is 38.1 Å². The number of nitrogens with one attached hydrogen (secondary N) is 1. The van der Waals surface area contributed by atoms with Crippen LogP contribution in [-0.2, 0) is 0 Å². The summed E-state index contributed by atoms with van der Waals surface area (Å²) in [5, 5.41) is 3.31. The van der Waals surface area contributed by atoms with Crippen LogP contribution in [0.5, 0.6) is 0 Å². The summed E-state index contributed by atoms with van der Waals surface area (Å²) >= 11 is 0. The highest BCUT2D eigenvalue weighted by atomic mass is 15.1. The van der Waals surface area contributed by atoms with E-state index < -0.39 is 0 Å². The molecule has 56 valence electrons. The fourth-order valence-electron chi connectivity index (χ4n) is 1.08. The molecule has 2 heteroatoms. The molecule has 1 atom stereocenters. The summed E-state index contributed by atoms with van der Waals surface area (Å²) in [6.45, 7) is 2.37. The van der Waals surface area contributed by atoms with Crippen molar-refractivity contribution in [3.8, 4) is 0 Å². The average Bonchev–Trinajstić information content (AvgIpc) is 2.12. The van der Waals surface area contributed by atoms with Crippen LogP contribution in [0.15, 0.2) is 0 Å². The molecular formula is C7H18N2. The van der Waals surface area contributed by atoms with Gasteiger partial charge in [0.15, 0.2) is 0 Å². The summed E-state index contributed by atoms with van der Waals surface area (Å²) in [6, 6.07) is 0.787. The molecule has 0 spiro atoms. The second kappa shape index (κ2) is 3.85. The molecule has 1 saturated heterocycles. The van der Waals surface area contributed by atoms with Crippen LogP contribution < -0.4 is 5.32 Å². The highest BCUT2D eigenvalue weighted by Gasteiger charge is 2.14. The largest absolute Gasteiger partial charge is 0.315 e. The van der Waals surface area contributed by atoms with Gasteiger partial charge in [-0.15, -0.1) is 0 Å². The first-order chi connectivity index (χ1) is 3.80. The summed E-state index contributed by atoms with van der Waals surface area (Å²) < 4.78 is 0. The van der Waals surface area contributed by atoms with Crippen molar-refractivity contribution in [2.24, 2.45) is 0 Å². The Labute approximate surface area is 58.2 Å². The fourth-order valence-corrected chi connectivity index (χ4v) is 1.08. The first-order valence-electron chi connectivity index (χ1n) is 3.18. The summed E-state index contributed by atoms with van der Waals surface area (Å²) in [7, 11) is 4.27. The molecule has 0 aromatic carbocycles. The molecule has 0 amide bonds. The smallest absolute Gasteiger partial charge is 0.0226 e. The van der Waals surface area contributed by atoms with E-state index in [4.69, 9.17) is 0 Å². The van der Waals surface area contributed by atoms with E-state index in [1.165, 1.54) is 19.5 Å². The molecule has 1 aliphatic rings. The van der Waals surface area contributed by atoms with Gasteiger partial charge in [-0.2, -0.15) is 0 Å². The Hall–Kier alpha value is -0.0800. The van der Waals surface area contributed by atoms with E-state index in [1.807, 2.05) is 0 Å². The lowest BCUT2D eigenvalue weighted by molar-refractivity contribution is 0.313. The average molecular weight is 130 g/mol. The molecule has 0 saturated carbocycles. The van der Waals surface area contributed by atoms with Gasteiger partial charge in [-0.25, -0.2) is 0 Å². The Morgan fingerprint density at radius 2 is 2.11 bits per heavy atom. The van der Waals surface area contributed by atoms with Gasteiger partial charge in [0, 0.05) is 12.6 Å². The molecule has 1 fully saturated rings. The standard InChI is InChI=1S/C6H14N2.CH4/c1-8(2)6-3-4-7-5-6;/h6-7H,3-5H2,1-2H3;1H4/t6-;/m1./s1. The number of nitrogens with zero attached hydrogens (tertiary/aromatic N) is 1. The predicted octanol–water partition coefficient (Wildman–Crippen LogP) is 0.546. The Kier molecular flexibility index (Phi) is 3.82. The third kappa shape index (κ3) is 2.33. The summed E-state index contributed by atoms with van der Waals surface area (Å²) in [6.07, 6.45) is 1.31. The number of rotatable bonds is 1. The fraction of sp³-hybridized carbons (Fsp3) is 1.00. The van der Waals surface area contributed by atoms with Crippen LogP contribution in [0.4, 0.5) is 0 Å². The van der Waals surface area contributed by atoms with Crippen LogP contribution in [0, 0.1) is 0 Å². The van der Waals surface area contributed by atoms with Gasteiger partial charge in [-0.05, 0) is 27.1 Å². The molecule has 1 aliphatic heterocycles. The molecule has 0 aliphatic carbocycles. The van der Waals surface area contributed by atoms with E-state index in [0.717, 1.165) is 6.04 Å². The minimum absolute atomic E-state index is 0. The maximum Gasteiger partial charge on any atom is 0.0226 e. The van der Waals surface area contributed by atoms with Crippen molar-refractivity contribution in [3.05, 3.63) is 0 Å². The Morgan fingerprint density at radius 3 is 2.33 bits per heavy atom. The van der Waals surface area contributed by atoms with Crippen molar-refractivity contribution in [2.45, 2.75) is 19.9 Å². The van der Waals surface area contributed by atoms with Gasteiger partial charge >= 0.3 is 0 Å². The summed E-state index contributed by atoms with van der Waals surface area (Å²) in [4.78, 5) is 2.28. The van der Waals surface area contributed by atoms with Crippen LogP contribution in [0.25, 0.3) is 0 Å². The van der Waals surface area contributed by atoms with Crippen molar-refractivity contribution < 1.29 is 0 Å². The SMILES string of the molecule is C.CN(C)[C@@H]1CCNC1. The molecule has 0 aromatic rings. The van der Waals surface area contributed by atoms with Gasteiger partial charge in [0.2, 0.25) is 0 Å². The van der Waals surface area contributed by atoms with Crippen molar-refractivity contribution in [1.29, 1.82) is 0 Å². The van der Waals surface area contributed by atoms with Crippen molar-refractivity contribution in [3.63, 3.8) is 0 Å². The lowest BCUT2D eigenvalue weighted by atomic mass is 10.2. The molecule has 0 unspecified atom stereocenters. The van der Waals surface area contributed by atoms with E-state index in [0.29, 0.717) is 0 Å². The van der Waals surface area contributed by atoms with Crippen LogP contribution in [0.1, 0.15) is 13.8 Å². The van der Waals surface area contributed by atoms with Crippen molar-refractivity contribution in [2.75, 3.05) is 27.2 Å². The summed E-state index contributed by atoms with van der Waals surface area (Å²) in [5.41, 5.74) is 0. The normalized spacial score (nSPS) is 26.3. The molecule has 0 bridgehead atoms. The topological polar surface area (TPSA) is 15.3 Å². The van der Waals surface area contributed by atoms with Crippen molar-refractivity contribution >= 4 is 0 Å².